The van der Waals surface area contributed by atoms with Gasteiger partial charge in [-0.1, -0.05) is 209 Å². The maximum atomic E-state index is 13.3. The molecule has 0 spiro atoms. The normalized spacial score (nSPS) is 10.8. The number of hydrogen-bond donors (Lipinski definition) is 6. The quantitative estimate of drug-likeness (QED) is 0.0310. The fourth-order valence-corrected chi connectivity index (χ4v) is 9.36. The van der Waals surface area contributed by atoms with Crippen LogP contribution in [0.2, 0.25) is 0 Å². The van der Waals surface area contributed by atoms with Gasteiger partial charge in [0.2, 0.25) is 23.5 Å². The fourth-order valence-electron chi connectivity index (χ4n) is 8.85. The Hall–Kier alpha value is -9.62. The Bertz CT molecular complexity index is 3760. The lowest BCUT2D eigenvalue weighted by atomic mass is 9.77. The van der Waals surface area contributed by atoms with Crippen molar-refractivity contribution in [2.24, 2.45) is 0 Å². The largest absolute Gasteiger partial charge is 0.489 e. The molecule has 10 aromatic rings. The number of H-pyrrole nitrogens is 2. The predicted octanol–water partition coefficient (Wildman–Crippen LogP) is 11.9. The number of carbonyl (C=O) groups excluding carboxylic acids is 2. The Morgan fingerprint density at radius 3 is 1.45 bits per heavy atom. The molecule has 2 aromatic heterocycles. The van der Waals surface area contributed by atoms with Crippen LogP contribution in [-0.4, -0.2) is 70.2 Å². The number of aromatic amines is 2. The fraction of sp³-hybridized carbons (Fsp3) is 0.152. The lowest BCUT2D eigenvalue weighted by Crippen LogP contribution is -2.31. The number of allylic oxidation sites excluding steroid dienone is 4. The van der Waals surface area contributed by atoms with E-state index in [0.29, 0.717) is 71.6 Å². The second-order valence-electron chi connectivity index (χ2n) is 19.4. The van der Waals surface area contributed by atoms with Gasteiger partial charge in [-0.3, -0.25) is 9.59 Å². The molecule has 0 saturated carbocycles. The summed E-state index contributed by atoms with van der Waals surface area (Å²) >= 11 is 3.57. The molecule has 0 aliphatic carbocycles. The van der Waals surface area contributed by atoms with Crippen LogP contribution in [0.25, 0.3) is 33.9 Å². The van der Waals surface area contributed by atoms with E-state index in [4.69, 9.17) is 19.5 Å². The van der Waals surface area contributed by atoms with Crippen molar-refractivity contribution in [2.45, 2.75) is 66.6 Å². The van der Waals surface area contributed by atoms with Crippen LogP contribution in [-0.2, 0) is 48.5 Å². The maximum Gasteiger partial charge on any atom is 0.489 e. The van der Waals surface area contributed by atoms with E-state index in [-0.39, 0.29) is 18.2 Å². The summed E-state index contributed by atoms with van der Waals surface area (Å²) in [5.74, 6) is 2.01. The SMILES string of the molecule is C/C=C/Cc1cc(-c2ccccc2-c2nn[nH]n2)cc(NC(=O)Cc2ccc(C)cc2)c1OCc1ccccc1.C/C=C/Cc1cc(Br)cc(NC(=O)Cc2ccc(C)cc2)c1OCc1ccccc1.OB(O)c1ccccc1-c1nn[nH]n1. The van der Waals surface area contributed by atoms with Gasteiger partial charge in [-0.15, -0.1) is 20.4 Å². The standard InChI is InChI=1S/C33H31N5O2.C26H26BrNO2.C7H7BN4O2/c1-3-4-12-26-20-27(28-13-8-9-14-29(28)33-35-37-38-36-33)21-30(32(26)40-22-25-10-6-5-7-11-25)34-31(39)19-24-17-15-23(2)16-18-24;1-3-4-10-22-16-23(27)17-24(26(22)30-18-21-8-6-5-7-9-21)28-25(29)15-20-13-11-19(2)12-14-20;13-8(14)6-4-2-1-3-5(6)7-9-11-12-10-7/h3-11,13-18,20-21H,12,19,22H2,1-2H3,(H,34,39)(H,35,36,37,38);3-9,11-14,16-17H,10,15,18H2,1-2H3,(H,28,29);1-4,13-14H,(H,9,10,11,12)/b2*4-3+;. The van der Waals surface area contributed by atoms with Gasteiger partial charge in [0.25, 0.3) is 0 Å². The molecule has 18 heteroatoms. The zero-order chi connectivity index (χ0) is 59.0. The Kier molecular flexibility index (Phi) is 22.3. The molecule has 84 heavy (non-hydrogen) atoms. The maximum absolute atomic E-state index is 13.3. The molecule has 0 fully saturated rings. The van der Waals surface area contributed by atoms with Crippen molar-refractivity contribution in [1.82, 2.24) is 41.2 Å². The summed E-state index contributed by atoms with van der Waals surface area (Å²) < 4.78 is 13.5. The first-order valence-corrected chi connectivity index (χ1v) is 28.0. The van der Waals surface area contributed by atoms with Gasteiger partial charge in [-0.25, -0.2) is 0 Å². The van der Waals surface area contributed by atoms with E-state index in [0.717, 1.165) is 66.5 Å². The van der Waals surface area contributed by atoms with E-state index >= 15 is 0 Å². The number of aromatic nitrogens is 8. The first kappa shape index (κ1) is 60.5. The molecule has 16 nitrogen and oxygen atoms in total. The van der Waals surface area contributed by atoms with Gasteiger partial charge >= 0.3 is 7.12 Å². The molecular formula is C66H64BBrN10O6. The summed E-state index contributed by atoms with van der Waals surface area (Å²) in [5, 5.41) is 52.2. The van der Waals surface area contributed by atoms with E-state index in [1.165, 1.54) is 5.56 Å². The van der Waals surface area contributed by atoms with Crippen molar-refractivity contribution in [3.05, 3.63) is 255 Å². The molecule has 10 rings (SSSR count). The molecule has 6 N–H and O–H groups in total. The number of ether oxygens (including phenoxy) is 2. The number of tetrazole rings is 2. The molecule has 0 atom stereocenters. The average Bonchev–Trinajstić information content (AvgIpc) is 2.83. The number of aryl methyl sites for hydroxylation is 2. The Labute approximate surface area is 497 Å². The van der Waals surface area contributed by atoms with Crippen molar-refractivity contribution in [3.63, 3.8) is 0 Å². The Morgan fingerprint density at radius 2 is 0.976 bits per heavy atom. The van der Waals surface area contributed by atoms with Crippen LogP contribution in [0.4, 0.5) is 11.4 Å². The number of carbonyl (C=O) groups is 2. The highest BCUT2D eigenvalue weighted by Gasteiger charge is 2.21. The molecule has 8 aromatic carbocycles. The van der Waals surface area contributed by atoms with Crippen LogP contribution in [0.5, 0.6) is 11.5 Å². The third-order valence-electron chi connectivity index (χ3n) is 13.1. The van der Waals surface area contributed by atoms with Crippen LogP contribution in [0.15, 0.2) is 211 Å². The van der Waals surface area contributed by atoms with Gasteiger partial charge in [-0.2, -0.15) is 10.4 Å². The van der Waals surface area contributed by atoms with E-state index in [1.807, 2.05) is 192 Å². The monoisotopic (exact) mass is 1180 g/mol. The van der Waals surface area contributed by atoms with Gasteiger partial charge in [0, 0.05) is 26.7 Å². The summed E-state index contributed by atoms with van der Waals surface area (Å²) in [4.78, 5) is 26.0. The summed E-state index contributed by atoms with van der Waals surface area (Å²) in [6.07, 6.45) is 10.1. The first-order valence-electron chi connectivity index (χ1n) is 27.2. The topological polar surface area (TPSA) is 226 Å². The molecule has 0 aliphatic heterocycles. The predicted molar refractivity (Wildman–Crippen MR) is 334 cm³/mol. The number of hydrogen-bond acceptors (Lipinski definition) is 12. The summed E-state index contributed by atoms with van der Waals surface area (Å²) in [5.41, 5.74) is 13.2. The van der Waals surface area contributed by atoms with Gasteiger partial charge in [0.05, 0.1) is 24.2 Å². The smallest absolute Gasteiger partial charge is 0.486 e. The number of nitrogens with zero attached hydrogens (tertiary/aromatic N) is 6. The number of rotatable bonds is 20. The van der Waals surface area contributed by atoms with Gasteiger partial charge in [0.15, 0.2) is 0 Å². The van der Waals surface area contributed by atoms with Crippen LogP contribution >= 0.6 is 15.9 Å². The first-order chi connectivity index (χ1) is 40.9. The summed E-state index contributed by atoms with van der Waals surface area (Å²) in [6, 6.07) is 58.7. The number of benzene rings is 8. The minimum absolute atomic E-state index is 0.0708. The molecule has 424 valence electrons. The number of halogens is 1. The molecule has 2 amide bonds. The molecule has 2 heterocycles. The minimum atomic E-state index is -1.54. The van der Waals surface area contributed by atoms with Crippen LogP contribution < -0.4 is 25.6 Å². The zero-order valence-corrected chi connectivity index (χ0v) is 48.6. The van der Waals surface area contributed by atoms with Crippen LogP contribution in [0, 0.1) is 13.8 Å². The molecule has 0 bridgehead atoms. The van der Waals surface area contributed by atoms with Crippen LogP contribution in [0.3, 0.4) is 0 Å². The van der Waals surface area contributed by atoms with E-state index < -0.39 is 7.12 Å². The van der Waals surface area contributed by atoms with E-state index in [2.05, 4.69) is 86.0 Å². The highest BCUT2D eigenvalue weighted by Crippen LogP contribution is 2.39. The van der Waals surface area contributed by atoms with Crippen LogP contribution in [0.1, 0.15) is 58.4 Å². The number of amides is 2. The van der Waals surface area contributed by atoms with Gasteiger partial charge in [0.1, 0.15) is 24.7 Å². The highest BCUT2D eigenvalue weighted by atomic mass is 79.9. The van der Waals surface area contributed by atoms with Crippen molar-refractivity contribution in [2.75, 3.05) is 10.6 Å². The third kappa shape index (κ3) is 17.7. The molecule has 0 unspecified atom stereocenters. The summed E-state index contributed by atoms with van der Waals surface area (Å²) in [7, 11) is -1.54. The van der Waals surface area contributed by atoms with Gasteiger partial charge < -0.3 is 30.2 Å². The lowest BCUT2D eigenvalue weighted by Gasteiger charge is -2.19. The lowest BCUT2D eigenvalue weighted by molar-refractivity contribution is -0.116. The van der Waals surface area contributed by atoms with E-state index in [1.54, 1.807) is 24.3 Å². The average molecular weight is 1180 g/mol. The zero-order valence-electron chi connectivity index (χ0n) is 47.0. The molecule has 0 saturated heterocycles. The van der Waals surface area contributed by atoms with Crippen molar-refractivity contribution >= 4 is 51.7 Å². The number of anilines is 2. The minimum Gasteiger partial charge on any atom is -0.486 e. The van der Waals surface area contributed by atoms with Crippen molar-refractivity contribution in [3.8, 4) is 45.4 Å². The third-order valence-corrected chi connectivity index (χ3v) is 13.5. The summed E-state index contributed by atoms with van der Waals surface area (Å²) in [6.45, 7) is 8.87. The van der Waals surface area contributed by atoms with Crippen molar-refractivity contribution < 1.29 is 29.1 Å². The second-order valence-corrected chi connectivity index (χ2v) is 20.4. The second kappa shape index (κ2) is 31.0. The Balaban J connectivity index is 0.000000183. The Morgan fingerprint density at radius 1 is 0.536 bits per heavy atom. The van der Waals surface area contributed by atoms with Crippen molar-refractivity contribution in [1.29, 1.82) is 0 Å². The van der Waals surface area contributed by atoms with E-state index in [9.17, 15) is 9.59 Å². The van der Waals surface area contributed by atoms with Gasteiger partial charge in [-0.05, 0) is 114 Å². The highest BCUT2D eigenvalue weighted by molar-refractivity contribution is 9.10. The molecule has 0 aliphatic rings. The number of nitrogens with one attached hydrogen (secondary N) is 4. The molecule has 0 radical (unpaired) electrons. The molecular weight excluding hydrogens is 1120 g/mol.